The Morgan fingerprint density at radius 2 is 2.33 bits per heavy atom. The van der Waals surface area contributed by atoms with Crippen LogP contribution in [-0.4, -0.2) is 25.7 Å². The van der Waals surface area contributed by atoms with Crippen molar-refractivity contribution in [3.63, 3.8) is 0 Å². The second kappa shape index (κ2) is 5.14. The van der Waals surface area contributed by atoms with E-state index in [1.54, 1.807) is 0 Å². The van der Waals surface area contributed by atoms with E-state index < -0.39 is 0 Å². The molecule has 0 unspecified atom stereocenters. The van der Waals surface area contributed by atoms with Crippen molar-refractivity contribution in [1.29, 1.82) is 0 Å². The highest BCUT2D eigenvalue weighted by molar-refractivity contribution is 5.72. The summed E-state index contributed by atoms with van der Waals surface area (Å²) in [7, 11) is 0. The Kier molecular flexibility index (Phi) is 4.08. The van der Waals surface area contributed by atoms with Crippen LogP contribution in [0.4, 0.5) is 0 Å². The lowest BCUT2D eigenvalue weighted by Crippen LogP contribution is -2.19. The van der Waals surface area contributed by atoms with Crippen molar-refractivity contribution in [2.75, 3.05) is 19.7 Å². The van der Waals surface area contributed by atoms with E-state index in [2.05, 4.69) is 5.32 Å². The summed E-state index contributed by atoms with van der Waals surface area (Å²) in [4.78, 5) is 11.3. The summed E-state index contributed by atoms with van der Waals surface area (Å²) in [6.45, 7) is 4.34. The number of hydrogen-bond donors (Lipinski definition) is 1. The minimum Gasteiger partial charge on any atom is -0.466 e. The van der Waals surface area contributed by atoms with Gasteiger partial charge in [-0.05, 0) is 39.3 Å². The van der Waals surface area contributed by atoms with Gasteiger partial charge in [0.15, 0.2) is 0 Å². The quantitative estimate of drug-likeness (QED) is 0.628. The molecule has 0 amide bonds. The van der Waals surface area contributed by atoms with Gasteiger partial charge in [0.25, 0.3) is 0 Å². The van der Waals surface area contributed by atoms with Gasteiger partial charge in [-0.3, -0.25) is 4.79 Å². The molecule has 0 aromatic carbocycles. The molecule has 70 valence electrons. The molecular weight excluding hydrogens is 154 g/mol. The molecule has 1 aliphatic rings. The van der Waals surface area contributed by atoms with Crippen molar-refractivity contribution in [3.8, 4) is 0 Å². The molecule has 0 saturated carbocycles. The number of carbonyl (C=O) groups excluding carboxylic acids is 1. The Morgan fingerprint density at radius 3 is 3.08 bits per heavy atom. The van der Waals surface area contributed by atoms with E-state index in [-0.39, 0.29) is 11.9 Å². The Bertz CT molecular complexity index is 139. The first kappa shape index (κ1) is 9.52. The summed E-state index contributed by atoms with van der Waals surface area (Å²) in [5, 5.41) is 3.27. The van der Waals surface area contributed by atoms with Crippen LogP contribution in [0.3, 0.4) is 0 Å². The lowest BCUT2D eigenvalue weighted by Gasteiger charge is -2.11. The van der Waals surface area contributed by atoms with E-state index in [4.69, 9.17) is 4.74 Å². The zero-order valence-corrected chi connectivity index (χ0v) is 7.64. The van der Waals surface area contributed by atoms with Gasteiger partial charge in [0.1, 0.15) is 0 Å². The van der Waals surface area contributed by atoms with Crippen molar-refractivity contribution in [3.05, 3.63) is 0 Å². The maximum Gasteiger partial charge on any atom is 0.308 e. The Hall–Kier alpha value is -0.570. The maximum absolute atomic E-state index is 11.3. The molecule has 0 bridgehead atoms. The lowest BCUT2D eigenvalue weighted by molar-refractivity contribution is -0.148. The van der Waals surface area contributed by atoms with Gasteiger partial charge >= 0.3 is 5.97 Å². The van der Waals surface area contributed by atoms with Gasteiger partial charge in [0.2, 0.25) is 0 Å². The van der Waals surface area contributed by atoms with Gasteiger partial charge in [-0.15, -0.1) is 0 Å². The third kappa shape index (κ3) is 2.81. The first-order valence-corrected chi connectivity index (χ1v) is 4.72. The zero-order chi connectivity index (χ0) is 8.81. The van der Waals surface area contributed by atoms with Gasteiger partial charge in [-0.1, -0.05) is 0 Å². The third-order valence-electron chi connectivity index (χ3n) is 2.20. The number of rotatable bonds is 2. The highest BCUT2D eigenvalue weighted by Crippen LogP contribution is 2.14. The maximum atomic E-state index is 11.3. The minimum absolute atomic E-state index is 0.0128. The highest BCUT2D eigenvalue weighted by atomic mass is 16.5. The number of esters is 1. The molecule has 1 aliphatic heterocycles. The molecule has 3 nitrogen and oxygen atoms in total. The fourth-order valence-corrected chi connectivity index (χ4v) is 1.51. The van der Waals surface area contributed by atoms with Gasteiger partial charge in [0.05, 0.1) is 12.5 Å². The molecule has 1 heterocycles. The Labute approximate surface area is 73.5 Å². The van der Waals surface area contributed by atoms with Crippen LogP contribution in [0.15, 0.2) is 0 Å². The van der Waals surface area contributed by atoms with E-state index in [9.17, 15) is 4.79 Å². The van der Waals surface area contributed by atoms with E-state index in [1.807, 2.05) is 6.92 Å². The molecule has 0 aromatic rings. The number of hydrogen-bond acceptors (Lipinski definition) is 3. The molecule has 3 heteroatoms. The fraction of sp³-hybridized carbons (Fsp3) is 0.889. The molecule has 1 fully saturated rings. The standard InChI is InChI=1S/C9H17NO2/c1-2-12-9(11)8-4-3-6-10-7-5-8/h8,10H,2-7H2,1H3/t8-/m0/s1. The monoisotopic (exact) mass is 171 g/mol. The number of nitrogens with one attached hydrogen (secondary N) is 1. The van der Waals surface area contributed by atoms with Crippen LogP contribution in [0.2, 0.25) is 0 Å². The second-order valence-electron chi connectivity index (χ2n) is 3.13. The van der Waals surface area contributed by atoms with Crippen molar-refractivity contribution in [1.82, 2.24) is 5.32 Å². The first-order chi connectivity index (χ1) is 5.84. The molecular formula is C9H17NO2. The largest absolute Gasteiger partial charge is 0.466 e. The summed E-state index contributed by atoms with van der Waals surface area (Å²) >= 11 is 0. The molecule has 12 heavy (non-hydrogen) atoms. The van der Waals surface area contributed by atoms with Crippen molar-refractivity contribution < 1.29 is 9.53 Å². The molecule has 0 radical (unpaired) electrons. The smallest absolute Gasteiger partial charge is 0.308 e. The van der Waals surface area contributed by atoms with Crippen LogP contribution >= 0.6 is 0 Å². The average Bonchev–Trinajstić information content (AvgIpc) is 2.32. The van der Waals surface area contributed by atoms with Crippen LogP contribution in [0, 0.1) is 5.92 Å². The van der Waals surface area contributed by atoms with Gasteiger partial charge < -0.3 is 10.1 Å². The summed E-state index contributed by atoms with van der Waals surface area (Å²) in [6, 6.07) is 0. The Balaban J connectivity index is 2.32. The van der Waals surface area contributed by atoms with Crippen molar-refractivity contribution >= 4 is 5.97 Å². The van der Waals surface area contributed by atoms with E-state index in [0.717, 1.165) is 32.4 Å². The van der Waals surface area contributed by atoms with E-state index in [0.29, 0.717) is 6.61 Å². The number of ether oxygens (including phenoxy) is 1. The van der Waals surface area contributed by atoms with Gasteiger partial charge in [-0.2, -0.15) is 0 Å². The van der Waals surface area contributed by atoms with Crippen molar-refractivity contribution in [2.45, 2.75) is 26.2 Å². The predicted molar refractivity (Wildman–Crippen MR) is 46.8 cm³/mol. The molecule has 1 atom stereocenters. The molecule has 1 rings (SSSR count). The minimum atomic E-state index is -0.0128. The van der Waals surface area contributed by atoms with Gasteiger partial charge in [0, 0.05) is 0 Å². The predicted octanol–water partition coefficient (Wildman–Crippen LogP) is 0.939. The van der Waals surface area contributed by atoms with Gasteiger partial charge in [-0.25, -0.2) is 0 Å². The summed E-state index contributed by atoms with van der Waals surface area (Å²) < 4.78 is 4.97. The topological polar surface area (TPSA) is 38.3 Å². The van der Waals surface area contributed by atoms with E-state index >= 15 is 0 Å². The van der Waals surface area contributed by atoms with Crippen LogP contribution in [0.25, 0.3) is 0 Å². The molecule has 1 saturated heterocycles. The number of carbonyl (C=O) groups is 1. The SMILES string of the molecule is CCOC(=O)[C@H]1CCCNCC1. The summed E-state index contributed by atoms with van der Waals surface area (Å²) in [5.41, 5.74) is 0. The Morgan fingerprint density at radius 1 is 1.50 bits per heavy atom. The first-order valence-electron chi connectivity index (χ1n) is 4.72. The van der Waals surface area contributed by atoms with E-state index in [1.165, 1.54) is 0 Å². The van der Waals surface area contributed by atoms with Crippen LogP contribution in [-0.2, 0) is 9.53 Å². The van der Waals surface area contributed by atoms with Crippen LogP contribution in [0.1, 0.15) is 26.2 Å². The highest BCUT2D eigenvalue weighted by Gasteiger charge is 2.20. The van der Waals surface area contributed by atoms with Crippen molar-refractivity contribution in [2.24, 2.45) is 5.92 Å². The molecule has 0 aliphatic carbocycles. The lowest BCUT2D eigenvalue weighted by atomic mass is 10.0. The molecule has 1 N–H and O–H groups in total. The summed E-state index contributed by atoms with van der Waals surface area (Å²) in [6.07, 6.45) is 2.99. The van der Waals surface area contributed by atoms with Crippen LogP contribution in [0.5, 0.6) is 0 Å². The normalized spacial score (nSPS) is 24.6. The third-order valence-corrected chi connectivity index (χ3v) is 2.20. The average molecular weight is 171 g/mol. The van der Waals surface area contributed by atoms with Crippen LogP contribution < -0.4 is 5.32 Å². The summed E-state index contributed by atoms with van der Waals surface area (Å²) in [5.74, 6) is 0.126. The fourth-order valence-electron chi connectivity index (χ4n) is 1.51. The zero-order valence-electron chi connectivity index (χ0n) is 7.64. The second-order valence-corrected chi connectivity index (χ2v) is 3.13. The molecule has 0 spiro atoms. The molecule has 0 aromatic heterocycles.